The quantitative estimate of drug-likeness (QED) is 0.526. The Morgan fingerprint density at radius 3 is 2.52 bits per heavy atom. The Hall–Kier alpha value is -1.89. The number of hydrogen-bond acceptors (Lipinski definition) is 4. The Labute approximate surface area is 124 Å². The van der Waals surface area contributed by atoms with E-state index >= 15 is 0 Å². The molecule has 0 unspecified atom stereocenters. The highest BCUT2D eigenvalue weighted by Gasteiger charge is 2.27. The average molecular weight is 320 g/mol. The second-order valence-corrected chi connectivity index (χ2v) is 4.57. The summed E-state index contributed by atoms with van der Waals surface area (Å²) in [6.45, 7) is 1.33. The first-order valence-corrected chi connectivity index (χ1v) is 6.21. The van der Waals surface area contributed by atoms with Crippen molar-refractivity contribution in [3.8, 4) is 0 Å². The van der Waals surface area contributed by atoms with Gasteiger partial charge in [-0.25, -0.2) is 4.98 Å². The summed E-state index contributed by atoms with van der Waals surface area (Å²) >= 11 is 5.77. The number of carbonyl (C=O) groups excluding carboxylic acids is 1. The van der Waals surface area contributed by atoms with Crippen LogP contribution in [0.4, 0.5) is 13.2 Å². The van der Waals surface area contributed by atoms with Crippen LogP contribution in [0.2, 0.25) is 5.15 Å². The molecule has 0 fully saturated rings. The predicted molar refractivity (Wildman–Crippen MR) is 75.4 cm³/mol. The van der Waals surface area contributed by atoms with Gasteiger partial charge in [0, 0.05) is 23.0 Å². The van der Waals surface area contributed by atoms with Gasteiger partial charge in [-0.05, 0) is 26.0 Å². The fraction of sp³-hybridized carbons (Fsp3) is 0.308. The van der Waals surface area contributed by atoms with Crippen LogP contribution in [0.5, 0.6) is 0 Å². The second-order valence-electron chi connectivity index (χ2n) is 4.18. The Kier molecular flexibility index (Phi) is 5.48. The van der Waals surface area contributed by atoms with Crippen molar-refractivity contribution in [3.05, 3.63) is 34.7 Å². The second kappa shape index (κ2) is 6.71. The molecular weight excluding hydrogens is 307 g/mol. The van der Waals surface area contributed by atoms with Crippen molar-refractivity contribution < 1.29 is 18.0 Å². The van der Waals surface area contributed by atoms with Gasteiger partial charge in [0.1, 0.15) is 11.7 Å². The summed E-state index contributed by atoms with van der Waals surface area (Å²) in [5.41, 5.74) is 5.92. The molecular formula is C13H13ClF3N3O. The number of hydrogen-bond donors (Lipinski definition) is 1. The molecule has 114 valence electrons. The smallest absolute Gasteiger partial charge is 0.404 e. The predicted octanol–water partition coefficient (Wildman–Crippen LogP) is 3.26. The van der Waals surface area contributed by atoms with Crippen LogP contribution in [-0.4, -0.2) is 29.2 Å². The van der Waals surface area contributed by atoms with Crippen molar-refractivity contribution in [2.75, 3.05) is 6.54 Å². The summed E-state index contributed by atoms with van der Waals surface area (Å²) in [6, 6.07) is 2.85. The molecule has 1 heterocycles. The summed E-state index contributed by atoms with van der Waals surface area (Å²) in [5.74, 6) is -0.308. The molecule has 4 nitrogen and oxygen atoms in total. The highest BCUT2D eigenvalue weighted by atomic mass is 35.5. The zero-order chi connectivity index (χ0) is 16.2. The van der Waals surface area contributed by atoms with Gasteiger partial charge in [-0.15, -0.1) is 0 Å². The maximum atomic E-state index is 12.2. The third-order valence-corrected chi connectivity index (χ3v) is 2.76. The molecule has 2 N–H and O–H groups in total. The van der Waals surface area contributed by atoms with Crippen LogP contribution in [0, 0.1) is 0 Å². The van der Waals surface area contributed by atoms with Crippen molar-refractivity contribution in [2.24, 2.45) is 10.7 Å². The van der Waals surface area contributed by atoms with E-state index < -0.39 is 12.7 Å². The van der Waals surface area contributed by atoms with Gasteiger partial charge in [-0.2, -0.15) is 13.2 Å². The van der Waals surface area contributed by atoms with E-state index in [9.17, 15) is 18.0 Å². The third-order valence-electron chi connectivity index (χ3n) is 2.55. The lowest BCUT2D eigenvalue weighted by atomic mass is 10.0. The minimum Gasteiger partial charge on any atom is -0.404 e. The molecule has 0 aliphatic rings. The number of ketones is 1. The van der Waals surface area contributed by atoms with Gasteiger partial charge in [0.05, 0.1) is 5.69 Å². The van der Waals surface area contributed by atoms with Gasteiger partial charge in [-0.3, -0.25) is 9.79 Å². The zero-order valence-electron chi connectivity index (χ0n) is 11.3. The molecule has 21 heavy (non-hydrogen) atoms. The summed E-state index contributed by atoms with van der Waals surface area (Å²) < 4.78 is 36.6. The molecule has 1 rings (SSSR count). The lowest BCUT2D eigenvalue weighted by Gasteiger charge is -2.11. The number of halogens is 4. The van der Waals surface area contributed by atoms with E-state index in [0.29, 0.717) is 0 Å². The Morgan fingerprint density at radius 1 is 1.43 bits per heavy atom. The van der Waals surface area contributed by atoms with Gasteiger partial charge in [0.2, 0.25) is 0 Å². The number of pyridine rings is 1. The molecule has 1 aromatic heterocycles. The van der Waals surface area contributed by atoms with Crippen LogP contribution in [0.25, 0.3) is 5.57 Å². The van der Waals surface area contributed by atoms with E-state index in [4.69, 9.17) is 17.3 Å². The molecule has 0 spiro atoms. The summed E-state index contributed by atoms with van der Waals surface area (Å²) in [5, 5.41) is 0.0953. The van der Waals surface area contributed by atoms with Gasteiger partial charge in [0.15, 0.2) is 5.78 Å². The third kappa shape index (κ3) is 4.86. The highest BCUT2D eigenvalue weighted by Crippen LogP contribution is 2.22. The highest BCUT2D eigenvalue weighted by molar-refractivity contribution is 6.30. The van der Waals surface area contributed by atoms with Crippen LogP contribution < -0.4 is 5.73 Å². The Bertz CT molecular complexity index is 609. The Morgan fingerprint density at radius 2 is 2.05 bits per heavy atom. The lowest BCUT2D eigenvalue weighted by Crippen LogP contribution is -2.15. The van der Waals surface area contributed by atoms with Crippen molar-refractivity contribution in [1.29, 1.82) is 0 Å². The molecule has 0 aromatic carbocycles. The fourth-order valence-corrected chi connectivity index (χ4v) is 1.74. The number of nitrogens with two attached hydrogens (primary N) is 1. The summed E-state index contributed by atoms with van der Waals surface area (Å²) in [4.78, 5) is 19.0. The van der Waals surface area contributed by atoms with E-state index in [1.54, 1.807) is 0 Å². The van der Waals surface area contributed by atoms with E-state index in [1.165, 1.54) is 26.0 Å². The first-order chi connectivity index (χ1) is 9.65. The molecule has 0 saturated carbocycles. The number of aromatic nitrogens is 1. The molecule has 0 saturated heterocycles. The monoisotopic (exact) mass is 319 g/mol. The molecule has 0 aliphatic carbocycles. The average Bonchev–Trinajstić information content (AvgIpc) is 2.36. The minimum atomic E-state index is -4.42. The number of alkyl halides is 3. The largest absolute Gasteiger partial charge is 0.407 e. The molecule has 1 aromatic rings. The van der Waals surface area contributed by atoms with Crippen molar-refractivity contribution in [3.63, 3.8) is 0 Å². The number of nitrogens with zero attached hydrogens (tertiary/aromatic N) is 2. The lowest BCUT2D eigenvalue weighted by molar-refractivity contribution is -0.118. The van der Waals surface area contributed by atoms with E-state index in [1.807, 2.05) is 0 Å². The van der Waals surface area contributed by atoms with Crippen LogP contribution in [0.3, 0.4) is 0 Å². The molecule has 0 aliphatic heterocycles. The van der Waals surface area contributed by atoms with Crippen LogP contribution in [0.1, 0.15) is 29.9 Å². The maximum Gasteiger partial charge on any atom is 0.407 e. The molecule has 0 amide bonds. The first-order valence-electron chi connectivity index (χ1n) is 5.83. The van der Waals surface area contributed by atoms with Gasteiger partial charge < -0.3 is 5.73 Å². The van der Waals surface area contributed by atoms with Crippen LogP contribution >= 0.6 is 11.6 Å². The van der Waals surface area contributed by atoms with E-state index in [-0.39, 0.29) is 33.5 Å². The molecule has 0 atom stereocenters. The number of Topliss-reactive ketones (excluding diaryl/α,β-unsaturated/α-hetero) is 1. The summed E-state index contributed by atoms with van der Waals surface area (Å²) in [6.07, 6.45) is -3.37. The van der Waals surface area contributed by atoms with E-state index in [2.05, 4.69) is 9.98 Å². The first kappa shape index (κ1) is 17.2. The summed E-state index contributed by atoms with van der Waals surface area (Å²) in [7, 11) is 0. The molecule has 0 bridgehead atoms. The van der Waals surface area contributed by atoms with Crippen molar-refractivity contribution in [2.45, 2.75) is 20.0 Å². The number of rotatable bonds is 4. The maximum absolute atomic E-state index is 12.2. The zero-order valence-corrected chi connectivity index (χ0v) is 12.1. The van der Waals surface area contributed by atoms with Gasteiger partial charge >= 0.3 is 6.18 Å². The molecule has 8 heteroatoms. The van der Waals surface area contributed by atoms with Crippen LogP contribution in [-0.2, 0) is 0 Å². The number of carbonyl (C=O) groups is 1. The Balaban J connectivity index is 3.29. The van der Waals surface area contributed by atoms with Gasteiger partial charge in [-0.1, -0.05) is 11.6 Å². The normalized spacial score (nSPS) is 13.4. The van der Waals surface area contributed by atoms with Crippen LogP contribution in [0.15, 0.2) is 23.3 Å². The van der Waals surface area contributed by atoms with E-state index in [0.717, 1.165) is 6.20 Å². The standard InChI is InChI=1S/C13H13ClF3N3O/c1-7(19-6-13(15,16)17)10(5-18)12-9(8(2)21)3-4-11(14)20-12/h3-5H,6,18H2,1-2H3/b10-5+,19-7?. The SMILES string of the molecule is CC(=O)c1ccc(Cl)nc1/C(=C/N)C(C)=NCC(F)(F)F. The number of allylic oxidation sites excluding steroid dienone is 1. The topological polar surface area (TPSA) is 68.3 Å². The fourth-order valence-electron chi connectivity index (χ4n) is 1.59. The van der Waals surface area contributed by atoms with Crippen molar-refractivity contribution in [1.82, 2.24) is 4.98 Å². The van der Waals surface area contributed by atoms with Crippen molar-refractivity contribution >= 4 is 28.7 Å². The minimum absolute atomic E-state index is 0.0205. The number of aliphatic imine (C=N–C) groups is 1. The molecule has 0 radical (unpaired) electrons. The van der Waals surface area contributed by atoms with Gasteiger partial charge in [0.25, 0.3) is 0 Å².